The predicted octanol–water partition coefficient (Wildman–Crippen LogP) is 4.13. The van der Waals surface area contributed by atoms with Gasteiger partial charge in [0.05, 0.1) is 17.0 Å². The molecule has 1 N–H and O–H groups in total. The van der Waals surface area contributed by atoms with Crippen molar-refractivity contribution in [2.45, 2.75) is 12.6 Å². The molecule has 0 spiro atoms. The largest absolute Gasteiger partial charge is 0.416 e. The van der Waals surface area contributed by atoms with Gasteiger partial charge in [0.25, 0.3) is 0 Å². The summed E-state index contributed by atoms with van der Waals surface area (Å²) >= 11 is 0. The minimum atomic E-state index is -4.36. The zero-order valence-electron chi connectivity index (χ0n) is 13.4. The van der Waals surface area contributed by atoms with Gasteiger partial charge in [-0.25, -0.2) is 0 Å². The van der Waals surface area contributed by atoms with Gasteiger partial charge in [-0.05, 0) is 28.8 Å². The summed E-state index contributed by atoms with van der Waals surface area (Å²) < 4.78 is 38.7. The lowest BCUT2D eigenvalue weighted by Gasteiger charge is -2.10. The Morgan fingerprint density at radius 2 is 1.80 bits per heavy atom. The van der Waals surface area contributed by atoms with E-state index < -0.39 is 11.7 Å². The van der Waals surface area contributed by atoms with Gasteiger partial charge in [0.1, 0.15) is 0 Å². The van der Waals surface area contributed by atoms with Crippen molar-refractivity contribution in [3.8, 4) is 11.1 Å². The highest BCUT2D eigenvalue weighted by atomic mass is 19.4. The first-order valence-electron chi connectivity index (χ1n) is 7.56. The molecule has 0 aliphatic heterocycles. The molecule has 4 nitrogen and oxygen atoms in total. The lowest BCUT2D eigenvalue weighted by molar-refractivity contribution is -0.137. The van der Waals surface area contributed by atoms with Crippen LogP contribution in [0.25, 0.3) is 11.1 Å². The van der Waals surface area contributed by atoms with Gasteiger partial charge in [0.15, 0.2) is 0 Å². The maximum atomic E-state index is 12.9. The van der Waals surface area contributed by atoms with E-state index in [0.29, 0.717) is 17.7 Å². The van der Waals surface area contributed by atoms with Crippen molar-refractivity contribution in [2.24, 2.45) is 4.99 Å². The highest BCUT2D eigenvalue weighted by molar-refractivity contribution is 5.78. The van der Waals surface area contributed by atoms with Gasteiger partial charge < -0.3 is 0 Å². The minimum absolute atomic E-state index is 0.505. The fourth-order valence-electron chi connectivity index (χ4n) is 2.55. The number of hydrogen-bond donors (Lipinski definition) is 1. The van der Waals surface area contributed by atoms with E-state index in [1.807, 2.05) is 18.2 Å². The predicted molar refractivity (Wildman–Crippen MR) is 89.6 cm³/mol. The van der Waals surface area contributed by atoms with Crippen molar-refractivity contribution < 1.29 is 13.2 Å². The molecular formula is C18H15F3N4. The number of nitrogens with zero attached hydrogens (tertiary/aromatic N) is 3. The molecule has 0 saturated carbocycles. The second kappa shape index (κ2) is 6.88. The highest BCUT2D eigenvalue weighted by Gasteiger charge is 2.30. The number of rotatable bonds is 4. The van der Waals surface area contributed by atoms with Crippen LogP contribution in [0.3, 0.4) is 0 Å². The number of alkyl halides is 3. The number of halogens is 3. The molecule has 2 aromatic carbocycles. The van der Waals surface area contributed by atoms with Gasteiger partial charge in [-0.15, -0.1) is 5.10 Å². The summed E-state index contributed by atoms with van der Waals surface area (Å²) in [6, 6.07) is 12.7. The quantitative estimate of drug-likeness (QED) is 0.724. The Labute approximate surface area is 142 Å². The molecule has 0 atom stereocenters. The molecule has 3 rings (SSSR count). The molecule has 0 fully saturated rings. The number of aromatic nitrogens is 3. The first-order valence-corrected chi connectivity index (χ1v) is 7.56. The lowest BCUT2D eigenvalue weighted by atomic mass is 9.99. The van der Waals surface area contributed by atoms with Crippen LogP contribution in [0, 0.1) is 0 Å². The molecular weight excluding hydrogens is 329 g/mol. The van der Waals surface area contributed by atoms with Crippen LogP contribution >= 0.6 is 0 Å². The molecule has 0 aliphatic carbocycles. The lowest BCUT2D eigenvalue weighted by Crippen LogP contribution is -2.04. The number of hydrogen-bond acceptors (Lipinski definition) is 3. The van der Waals surface area contributed by atoms with Crippen LogP contribution in [0.5, 0.6) is 0 Å². The first-order chi connectivity index (χ1) is 12.0. The SMILES string of the molecule is C/N=C\c1[nH]nnc1Cc1cccc(-c2cccc(C(F)(F)F)c2)c1. The van der Waals surface area contributed by atoms with Gasteiger partial charge in [0, 0.05) is 19.7 Å². The number of benzene rings is 2. The number of nitrogens with one attached hydrogen (secondary N) is 1. The molecule has 0 amide bonds. The van der Waals surface area contributed by atoms with E-state index in [1.165, 1.54) is 6.07 Å². The Morgan fingerprint density at radius 1 is 1.08 bits per heavy atom. The average Bonchev–Trinajstić information content (AvgIpc) is 3.02. The van der Waals surface area contributed by atoms with Crippen LogP contribution in [0.15, 0.2) is 53.5 Å². The maximum absolute atomic E-state index is 12.9. The van der Waals surface area contributed by atoms with Crippen molar-refractivity contribution in [3.05, 3.63) is 71.0 Å². The molecule has 0 unspecified atom stereocenters. The Morgan fingerprint density at radius 3 is 2.52 bits per heavy atom. The van der Waals surface area contributed by atoms with Gasteiger partial charge in [-0.3, -0.25) is 10.1 Å². The third-order valence-electron chi connectivity index (χ3n) is 3.73. The van der Waals surface area contributed by atoms with E-state index in [-0.39, 0.29) is 0 Å². The fraction of sp³-hybridized carbons (Fsp3) is 0.167. The smallest absolute Gasteiger partial charge is 0.294 e. The third kappa shape index (κ3) is 3.93. The third-order valence-corrected chi connectivity index (χ3v) is 3.73. The molecule has 0 aliphatic rings. The Kier molecular flexibility index (Phi) is 4.65. The number of H-pyrrole nitrogens is 1. The maximum Gasteiger partial charge on any atom is 0.416 e. The second-order valence-electron chi connectivity index (χ2n) is 5.52. The zero-order chi connectivity index (χ0) is 17.9. The summed E-state index contributed by atoms with van der Waals surface area (Å²) in [6.07, 6.45) is -2.22. The molecule has 0 bridgehead atoms. The van der Waals surface area contributed by atoms with Crippen LogP contribution in [0.2, 0.25) is 0 Å². The van der Waals surface area contributed by atoms with Gasteiger partial charge in [0.2, 0.25) is 0 Å². The Hall–Kier alpha value is -2.96. The van der Waals surface area contributed by atoms with E-state index in [9.17, 15) is 13.2 Å². The molecule has 128 valence electrons. The molecule has 0 radical (unpaired) electrons. The summed E-state index contributed by atoms with van der Waals surface area (Å²) in [5.74, 6) is 0. The Bertz CT molecular complexity index is 897. The highest BCUT2D eigenvalue weighted by Crippen LogP contribution is 2.32. The number of aromatic amines is 1. The normalized spacial score (nSPS) is 12.0. The van der Waals surface area contributed by atoms with Crippen LogP contribution in [0.4, 0.5) is 13.2 Å². The Balaban J connectivity index is 1.91. The zero-order valence-corrected chi connectivity index (χ0v) is 13.4. The molecule has 1 heterocycles. The van der Waals surface area contributed by atoms with E-state index in [2.05, 4.69) is 20.4 Å². The van der Waals surface area contributed by atoms with Crippen molar-refractivity contribution in [3.63, 3.8) is 0 Å². The van der Waals surface area contributed by atoms with Crippen LogP contribution in [0.1, 0.15) is 22.5 Å². The van der Waals surface area contributed by atoms with Gasteiger partial charge in [-0.2, -0.15) is 13.2 Å². The van der Waals surface area contributed by atoms with Gasteiger partial charge >= 0.3 is 6.18 Å². The molecule has 7 heteroatoms. The van der Waals surface area contributed by atoms with Crippen molar-refractivity contribution in [1.82, 2.24) is 15.4 Å². The summed E-state index contributed by atoms with van der Waals surface area (Å²) in [5.41, 5.74) is 2.95. The van der Waals surface area contributed by atoms with E-state index in [1.54, 1.807) is 25.4 Å². The molecule has 3 aromatic rings. The van der Waals surface area contributed by atoms with E-state index in [4.69, 9.17) is 0 Å². The molecule has 0 saturated heterocycles. The van der Waals surface area contributed by atoms with Crippen LogP contribution < -0.4 is 0 Å². The molecule has 1 aromatic heterocycles. The topological polar surface area (TPSA) is 53.9 Å². The monoisotopic (exact) mass is 344 g/mol. The second-order valence-corrected chi connectivity index (χ2v) is 5.52. The fourth-order valence-corrected chi connectivity index (χ4v) is 2.55. The average molecular weight is 344 g/mol. The van der Waals surface area contributed by atoms with E-state index in [0.717, 1.165) is 29.0 Å². The summed E-state index contributed by atoms with van der Waals surface area (Å²) in [5, 5.41) is 10.6. The molecule has 25 heavy (non-hydrogen) atoms. The minimum Gasteiger partial charge on any atom is -0.294 e. The first kappa shape index (κ1) is 16.9. The van der Waals surface area contributed by atoms with Crippen molar-refractivity contribution in [1.29, 1.82) is 0 Å². The van der Waals surface area contributed by atoms with Crippen LogP contribution in [-0.4, -0.2) is 28.7 Å². The van der Waals surface area contributed by atoms with Gasteiger partial charge in [-0.1, -0.05) is 41.6 Å². The van der Waals surface area contributed by atoms with Crippen LogP contribution in [-0.2, 0) is 12.6 Å². The standard InChI is InChI=1S/C18H15F3N4/c1-22-11-17-16(23-25-24-17)9-12-4-2-5-13(8-12)14-6-3-7-15(10-14)18(19,20)21/h2-8,10-11H,9H2,1H3,(H,23,24,25)/b22-11-. The van der Waals surface area contributed by atoms with E-state index >= 15 is 0 Å². The summed E-state index contributed by atoms with van der Waals surface area (Å²) in [7, 11) is 1.65. The van der Waals surface area contributed by atoms with Crippen molar-refractivity contribution in [2.75, 3.05) is 7.05 Å². The summed E-state index contributed by atoms with van der Waals surface area (Å²) in [6.45, 7) is 0. The number of aliphatic imine (C=N–C) groups is 1. The van der Waals surface area contributed by atoms with Crippen molar-refractivity contribution >= 4 is 6.21 Å². The summed E-state index contributed by atoms with van der Waals surface area (Å²) in [4.78, 5) is 3.94.